The van der Waals surface area contributed by atoms with E-state index in [9.17, 15) is 9.59 Å². The predicted molar refractivity (Wildman–Crippen MR) is 111 cm³/mol. The summed E-state index contributed by atoms with van der Waals surface area (Å²) >= 11 is 3.46. The number of carbonyl (C=O) groups is 2. The van der Waals surface area contributed by atoms with Gasteiger partial charge in [-0.15, -0.1) is 0 Å². The van der Waals surface area contributed by atoms with Crippen molar-refractivity contribution >= 4 is 28.0 Å². The van der Waals surface area contributed by atoms with Gasteiger partial charge in [-0.3, -0.25) is 0 Å². The number of ether oxygens (including phenoxy) is 3. The Morgan fingerprint density at radius 1 is 1.13 bits per heavy atom. The lowest BCUT2D eigenvalue weighted by molar-refractivity contribution is -0.150. The molecule has 4 rings (SSSR count). The summed E-state index contributed by atoms with van der Waals surface area (Å²) in [5, 5.41) is 9.11. The van der Waals surface area contributed by atoms with Crippen molar-refractivity contribution < 1.29 is 28.9 Å². The average molecular weight is 476 g/mol. The van der Waals surface area contributed by atoms with Crippen LogP contribution in [0.15, 0.2) is 59.1 Å². The van der Waals surface area contributed by atoms with Gasteiger partial charge in [-0.05, 0) is 23.3 Å². The Balaban J connectivity index is 1.40. The number of likely N-dealkylation sites (tertiary alicyclic amines) is 1. The molecule has 0 aromatic heterocycles. The molecule has 2 aliphatic heterocycles. The number of carboxylic acids is 1. The van der Waals surface area contributed by atoms with Gasteiger partial charge < -0.3 is 24.2 Å². The fourth-order valence-electron chi connectivity index (χ4n) is 4.02. The molecule has 0 radical (unpaired) electrons. The van der Waals surface area contributed by atoms with Crippen LogP contribution >= 0.6 is 15.9 Å². The first-order chi connectivity index (χ1) is 14.4. The van der Waals surface area contributed by atoms with Crippen molar-refractivity contribution in [3.63, 3.8) is 0 Å². The summed E-state index contributed by atoms with van der Waals surface area (Å²) in [5.74, 6) is -1.04. The number of halogens is 1. The van der Waals surface area contributed by atoms with Gasteiger partial charge in [0.1, 0.15) is 24.4 Å². The molecule has 0 aliphatic carbocycles. The third-order valence-electron chi connectivity index (χ3n) is 5.46. The van der Waals surface area contributed by atoms with Crippen LogP contribution in [0.4, 0.5) is 4.79 Å². The second-order valence-corrected chi connectivity index (χ2v) is 8.65. The fourth-order valence-corrected chi connectivity index (χ4v) is 4.42. The van der Waals surface area contributed by atoms with E-state index in [1.165, 1.54) is 0 Å². The first kappa shape index (κ1) is 20.8. The summed E-state index contributed by atoms with van der Waals surface area (Å²) in [5.41, 5.74) is 0.337. The Labute approximate surface area is 182 Å². The lowest BCUT2D eigenvalue weighted by Gasteiger charge is -2.46. The quantitative estimate of drug-likeness (QED) is 0.687. The second kappa shape index (κ2) is 8.37. The molecule has 2 aliphatic rings. The summed E-state index contributed by atoms with van der Waals surface area (Å²) in [6.07, 6.45) is 0.0751. The van der Waals surface area contributed by atoms with Gasteiger partial charge >= 0.3 is 12.1 Å². The van der Waals surface area contributed by atoms with E-state index in [0.29, 0.717) is 19.5 Å². The Morgan fingerprint density at radius 2 is 1.90 bits per heavy atom. The highest BCUT2D eigenvalue weighted by Crippen LogP contribution is 2.47. The van der Waals surface area contributed by atoms with Crippen LogP contribution in [0.3, 0.4) is 0 Å². The molecule has 1 spiro atoms. The van der Waals surface area contributed by atoms with E-state index in [1.54, 1.807) is 4.90 Å². The maximum atomic E-state index is 12.4. The van der Waals surface area contributed by atoms with Crippen LogP contribution in [0.1, 0.15) is 17.5 Å². The van der Waals surface area contributed by atoms with E-state index in [1.807, 2.05) is 54.6 Å². The van der Waals surface area contributed by atoms with Gasteiger partial charge in [0.2, 0.25) is 0 Å². The van der Waals surface area contributed by atoms with Crippen molar-refractivity contribution in [1.82, 2.24) is 4.90 Å². The van der Waals surface area contributed by atoms with E-state index in [2.05, 4.69) is 15.9 Å². The first-order valence-electron chi connectivity index (χ1n) is 9.61. The van der Waals surface area contributed by atoms with E-state index < -0.39 is 23.8 Å². The molecule has 7 nitrogen and oxygen atoms in total. The molecule has 2 saturated heterocycles. The Hall–Kier alpha value is -2.42. The number of benzene rings is 2. The standard InChI is InChI=1S/C22H22BrNO6/c23-18-8-4-7-17(9-18)22(29-11-19(25)26)12-21(30-15-22)13-24(14-21)20(27)28-10-16-5-2-1-3-6-16/h1-9H,10-15H2,(H,25,26). The van der Waals surface area contributed by atoms with Crippen LogP contribution in [-0.2, 0) is 31.2 Å². The minimum absolute atomic E-state index is 0.216. The molecule has 2 aromatic carbocycles. The predicted octanol–water partition coefficient (Wildman–Crippen LogP) is 3.56. The number of nitrogens with zero attached hydrogens (tertiary/aromatic N) is 1. The van der Waals surface area contributed by atoms with E-state index in [4.69, 9.17) is 19.3 Å². The normalized spacial score (nSPS) is 22.0. The lowest BCUT2D eigenvalue weighted by Crippen LogP contribution is -2.63. The summed E-state index contributed by atoms with van der Waals surface area (Å²) < 4.78 is 18.2. The Bertz CT molecular complexity index is 930. The third-order valence-corrected chi connectivity index (χ3v) is 5.96. The molecule has 158 valence electrons. The van der Waals surface area contributed by atoms with Crippen LogP contribution in [-0.4, -0.2) is 54.0 Å². The molecule has 1 N–H and O–H groups in total. The fraction of sp³-hybridized carbons (Fsp3) is 0.364. The molecule has 1 amide bonds. The number of carboxylic acid groups (broad SMARTS) is 1. The second-order valence-electron chi connectivity index (χ2n) is 7.73. The molecule has 0 bridgehead atoms. The van der Waals surface area contributed by atoms with Gasteiger partial charge in [-0.1, -0.05) is 58.4 Å². The molecular formula is C22H22BrNO6. The lowest BCUT2D eigenvalue weighted by atomic mass is 9.81. The van der Waals surface area contributed by atoms with Crippen LogP contribution in [0.5, 0.6) is 0 Å². The van der Waals surface area contributed by atoms with Crippen molar-refractivity contribution in [2.75, 3.05) is 26.3 Å². The zero-order chi connectivity index (χ0) is 21.2. The van der Waals surface area contributed by atoms with Gasteiger partial charge in [0, 0.05) is 10.9 Å². The topological polar surface area (TPSA) is 85.3 Å². The number of rotatable bonds is 6. The van der Waals surface area contributed by atoms with Crippen molar-refractivity contribution in [3.8, 4) is 0 Å². The van der Waals surface area contributed by atoms with Crippen LogP contribution < -0.4 is 0 Å². The Morgan fingerprint density at radius 3 is 2.60 bits per heavy atom. The number of hydrogen-bond donors (Lipinski definition) is 1. The van der Waals surface area contributed by atoms with Gasteiger partial charge in [0.05, 0.1) is 19.7 Å². The minimum atomic E-state index is -1.04. The summed E-state index contributed by atoms with van der Waals surface area (Å²) in [7, 11) is 0. The number of amides is 1. The maximum Gasteiger partial charge on any atom is 0.410 e. The summed E-state index contributed by atoms with van der Waals surface area (Å²) in [6, 6.07) is 17.1. The van der Waals surface area contributed by atoms with E-state index in [0.717, 1.165) is 15.6 Å². The average Bonchev–Trinajstić information content (AvgIpc) is 3.12. The Kier molecular flexibility index (Phi) is 5.81. The van der Waals surface area contributed by atoms with Crippen molar-refractivity contribution in [2.24, 2.45) is 0 Å². The molecule has 30 heavy (non-hydrogen) atoms. The molecular weight excluding hydrogens is 454 g/mol. The van der Waals surface area contributed by atoms with E-state index >= 15 is 0 Å². The van der Waals surface area contributed by atoms with Crippen LogP contribution in [0, 0.1) is 0 Å². The highest BCUT2D eigenvalue weighted by atomic mass is 79.9. The smallest absolute Gasteiger partial charge is 0.410 e. The number of hydrogen-bond acceptors (Lipinski definition) is 5. The SMILES string of the molecule is O=C(O)COC1(c2cccc(Br)c2)COC2(CN(C(=O)OCc3ccccc3)C2)C1. The van der Waals surface area contributed by atoms with Gasteiger partial charge in [0.15, 0.2) is 0 Å². The van der Waals surface area contributed by atoms with Crippen molar-refractivity contribution in [1.29, 1.82) is 0 Å². The molecule has 1 unspecified atom stereocenters. The molecule has 0 saturated carbocycles. The van der Waals surface area contributed by atoms with Crippen LogP contribution in [0.25, 0.3) is 0 Å². The maximum absolute atomic E-state index is 12.4. The number of carbonyl (C=O) groups excluding carboxylic acids is 1. The number of aliphatic carboxylic acids is 1. The summed E-state index contributed by atoms with van der Waals surface area (Å²) in [4.78, 5) is 25.1. The zero-order valence-electron chi connectivity index (χ0n) is 16.3. The molecule has 2 fully saturated rings. The van der Waals surface area contributed by atoms with Gasteiger partial charge in [-0.2, -0.15) is 0 Å². The molecule has 8 heteroatoms. The molecule has 1 atom stereocenters. The van der Waals surface area contributed by atoms with E-state index in [-0.39, 0.29) is 19.3 Å². The highest BCUT2D eigenvalue weighted by molar-refractivity contribution is 9.10. The minimum Gasteiger partial charge on any atom is -0.480 e. The van der Waals surface area contributed by atoms with Gasteiger partial charge in [0.25, 0.3) is 0 Å². The first-order valence-corrected chi connectivity index (χ1v) is 10.4. The summed E-state index contributed by atoms with van der Waals surface area (Å²) in [6.45, 7) is 0.784. The molecule has 2 aromatic rings. The molecule has 2 heterocycles. The highest BCUT2D eigenvalue weighted by Gasteiger charge is 2.58. The van der Waals surface area contributed by atoms with Crippen molar-refractivity contribution in [3.05, 3.63) is 70.2 Å². The van der Waals surface area contributed by atoms with Gasteiger partial charge in [-0.25, -0.2) is 9.59 Å². The third kappa shape index (κ3) is 4.35. The van der Waals surface area contributed by atoms with Crippen LogP contribution in [0.2, 0.25) is 0 Å². The largest absolute Gasteiger partial charge is 0.480 e. The monoisotopic (exact) mass is 475 g/mol. The van der Waals surface area contributed by atoms with Crippen molar-refractivity contribution in [2.45, 2.75) is 24.2 Å². The zero-order valence-corrected chi connectivity index (χ0v) is 17.8.